The smallest absolute Gasteiger partial charge is 0.246 e. The summed E-state index contributed by atoms with van der Waals surface area (Å²) in [4.78, 5) is 2.62. The van der Waals surface area contributed by atoms with Crippen LogP contribution in [-0.4, -0.2) is 59.1 Å². The molecule has 0 radical (unpaired) electrons. The highest BCUT2D eigenvalue weighted by molar-refractivity contribution is 7.89. The van der Waals surface area contributed by atoms with Crippen molar-refractivity contribution in [3.63, 3.8) is 0 Å². The third-order valence-corrected chi connectivity index (χ3v) is 9.48. The fraction of sp³-hybridized carbons (Fsp3) is 0.583. The molecule has 1 saturated carbocycles. The number of sulfonamides is 1. The van der Waals surface area contributed by atoms with Crippen LogP contribution in [0.1, 0.15) is 43.6 Å². The van der Waals surface area contributed by atoms with Crippen molar-refractivity contribution >= 4 is 10.0 Å². The van der Waals surface area contributed by atoms with E-state index in [4.69, 9.17) is 0 Å². The van der Waals surface area contributed by atoms with Crippen LogP contribution in [0.15, 0.2) is 47.6 Å². The fourth-order valence-electron chi connectivity index (χ4n) is 5.72. The quantitative estimate of drug-likeness (QED) is 0.644. The number of aryl methyl sites for hydroxylation is 1. The number of nitrogens with zero attached hydrogens (tertiary/aromatic N) is 5. The van der Waals surface area contributed by atoms with Gasteiger partial charge in [0.1, 0.15) is 4.90 Å². The highest BCUT2D eigenvalue weighted by atomic mass is 32.2. The predicted octanol–water partition coefficient (Wildman–Crippen LogP) is 2.98. The van der Waals surface area contributed by atoms with Crippen LogP contribution in [-0.2, 0) is 17.1 Å². The zero-order valence-electron chi connectivity index (χ0n) is 18.6. The lowest BCUT2D eigenvalue weighted by Gasteiger charge is -2.55. The van der Waals surface area contributed by atoms with E-state index in [-0.39, 0.29) is 10.4 Å². The summed E-state index contributed by atoms with van der Waals surface area (Å²) in [5, 5.41) is 13.5. The first-order chi connectivity index (χ1) is 15.4. The van der Waals surface area contributed by atoms with Gasteiger partial charge in [0, 0.05) is 26.3 Å². The van der Waals surface area contributed by atoms with Gasteiger partial charge in [-0.2, -0.15) is 14.7 Å². The van der Waals surface area contributed by atoms with E-state index < -0.39 is 10.0 Å². The minimum Gasteiger partial charge on any atom is -0.294 e. The van der Waals surface area contributed by atoms with Gasteiger partial charge in [-0.3, -0.25) is 9.58 Å². The lowest BCUT2D eigenvalue weighted by atomic mass is 9.82. The van der Waals surface area contributed by atoms with Gasteiger partial charge in [-0.25, -0.2) is 8.42 Å². The molecule has 0 N–H and O–H groups in total. The van der Waals surface area contributed by atoms with E-state index in [1.54, 1.807) is 7.05 Å². The fourth-order valence-corrected chi connectivity index (χ4v) is 7.30. The summed E-state index contributed by atoms with van der Waals surface area (Å²) >= 11 is 0. The maximum Gasteiger partial charge on any atom is 0.246 e. The molecule has 0 bridgehead atoms. The van der Waals surface area contributed by atoms with Crippen LogP contribution >= 0.6 is 0 Å². The second-order valence-electron chi connectivity index (χ2n) is 9.86. The number of benzene rings is 1. The molecule has 1 unspecified atom stereocenters. The lowest BCUT2D eigenvalue weighted by Crippen LogP contribution is -2.71. The molecule has 7 nitrogen and oxygen atoms in total. The standard InChI is InChI=1S/C24H31N5O2S/c1-27-16-22(15-26-27)32(30,31)29-17-24(18-29,9-10-25)28-11-7-19(8-12-28)13-21-14-23(21)20-5-3-2-4-6-20/h2-6,15-16,19,21,23H,7-9,11-14,17-18H2,1H3/t21-,23?/m1/s1. The molecule has 2 saturated heterocycles. The molecule has 3 aliphatic rings. The molecule has 170 valence electrons. The molecule has 2 aromatic rings. The summed E-state index contributed by atoms with van der Waals surface area (Å²) < 4.78 is 28.8. The molecule has 8 heteroatoms. The minimum atomic E-state index is -3.55. The van der Waals surface area contributed by atoms with Crippen molar-refractivity contribution in [2.75, 3.05) is 26.2 Å². The van der Waals surface area contributed by atoms with Crippen LogP contribution in [0.4, 0.5) is 0 Å². The van der Waals surface area contributed by atoms with Gasteiger partial charge in [0.2, 0.25) is 10.0 Å². The Labute approximate surface area is 190 Å². The summed E-state index contributed by atoms with van der Waals surface area (Å²) in [6.45, 7) is 2.69. The molecule has 3 heterocycles. The summed E-state index contributed by atoms with van der Waals surface area (Å²) in [7, 11) is -1.84. The van der Waals surface area contributed by atoms with Crippen molar-refractivity contribution in [1.29, 1.82) is 5.26 Å². The van der Waals surface area contributed by atoms with E-state index in [9.17, 15) is 13.7 Å². The molecule has 0 amide bonds. The molecule has 1 aromatic heterocycles. The van der Waals surface area contributed by atoms with Crippen LogP contribution in [0, 0.1) is 23.2 Å². The normalized spacial score (nSPS) is 26.4. The van der Waals surface area contributed by atoms with Gasteiger partial charge in [0.25, 0.3) is 0 Å². The van der Waals surface area contributed by atoms with Crippen LogP contribution in [0.25, 0.3) is 0 Å². The van der Waals surface area contributed by atoms with Crippen molar-refractivity contribution in [1.82, 2.24) is 19.0 Å². The molecule has 0 spiro atoms. The second-order valence-corrected chi connectivity index (χ2v) is 11.8. The van der Waals surface area contributed by atoms with E-state index >= 15 is 0 Å². The van der Waals surface area contributed by atoms with E-state index in [1.165, 1.54) is 39.8 Å². The Bertz CT molecular complexity index is 1090. The predicted molar refractivity (Wildman–Crippen MR) is 121 cm³/mol. The van der Waals surface area contributed by atoms with Gasteiger partial charge >= 0.3 is 0 Å². The maximum atomic E-state index is 12.9. The van der Waals surface area contributed by atoms with Crippen molar-refractivity contribution in [3.05, 3.63) is 48.3 Å². The Morgan fingerprint density at radius 3 is 2.53 bits per heavy atom. The first-order valence-corrected chi connectivity index (χ1v) is 13.0. The van der Waals surface area contributed by atoms with Crippen LogP contribution < -0.4 is 0 Å². The topological polar surface area (TPSA) is 82.2 Å². The third-order valence-electron chi connectivity index (χ3n) is 7.74. The minimum absolute atomic E-state index is 0.224. The third kappa shape index (κ3) is 3.98. The van der Waals surface area contributed by atoms with Gasteiger partial charge in [-0.15, -0.1) is 0 Å². The monoisotopic (exact) mass is 453 g/mol. The molecular weight excluding hydrogens is 422 g/mol. The molecule has 5 rings (SSSR count). The van der Waals surface area contributed by atoms with E-state index in [1.807, 2.05) is 0 Å². The number of hydrogen-bond acceptors (Lipinski definition) is 5. The van der Waals surface area contributed by atoms with Crippen molar-refractivity contribution in [3.8, 4) is 6.07 Å². The van der Waals surface area contributed by atoms with E-state index in [0.717, 1.165) is 43.7 Å². The second kappa shape index (κ2) is 8.29. The van der Waals surface area contributed by atoms with Crippen molar-refractivity contribution in [2.45, 2.75) is 48.5 Å². The van der Waals surface area contributed by atoms with E-state index in [0.29, 0.717) is 19.5 Å². The van der Waals surface area contributed by atoms with Crippen molar-refractivity contribution in [2.24, 2.45) is 18.9 Å². The van der Waals surface area contributed by atoms with Gasteiger partial charge in [0.05, 0.1) is 24.2 Å². The van der Waals surface area contributed by atoms with Crippen molar-refractivity contribution < 1.29 is 8.42 Å². The Hall–Kier alpha value is -2.21. The number of nitriles is 1. The molecule has 2 aliphatic heterocycles. The number of hydrogen-bond donors (Lipinski definition) is 0. The van der Waals surface area contributed by atoms with Gasteiger partial charge in [-0.1, -0.05) is 30.3 Å². The molecule has 3 fully saturated rings. The zero-order chi connectivity index (χ0) is 22.3. The molecule has 32 heavy (non-hydrogen) atoms. The Balaban J connectivity index is 1.16. The Morgan fingerprint density at radius 1 is 1.19 bits per heavy atom. The Morgan fingerprint density at radius 2 is 1.91 bits per heavy atom. The van der Waals surface area contributed by atoms with Crippen LogP contribution in [0.2, 0.25) is 0 Å². The SMILES string of the molecule is Cn1cc(S(=O)(=O)N2CC(CC#N)(N3CCC(C[C@@H]4CC4c4ccccc4)CC3)C2)cn1. The van der Waals surface area contributed by atoms with Gasteiger partial charge in [0.15, 0.2) is 0 Å². The number of rotatable bonds is 7. The van der Waals surface area contributed by atoms with Crippen LogP contribution in [0.5, 0.6) is 0 Å². The summed E-state index contributed by atoms with van der Waals surface area (Å²) in [5.41, 5.74) is 1.13. The highest BCUT2D eigenvalue weighted by Crippen LogP contribution is 2.52. The highest BCUT2D eigenvalue weighted by Gasteiger charge is 2.53. The average molecular weight is 454 g/mol. The number of piperidine rings is 1. The summed E-state index contributed by atoms with van der Waals surface area (Å²) in [6, 6.07) is 13.2. The van der Waals surface area contributed by atoms with Gasteiger partial charge < -0.3 is 0 Å². The lowest BCUT2D eigenvalue weighted by molar-refractivity contribution is -0.0302. The first-order valence-electron chi connectivity index (χ1n) is 11.6. The molecule has 1 aliphatic carbocycles. The Kier molecular flexibility index (Phi) is 5.60. The maximum absolute atomic E-state index is 12.9. The number of likely N-dealkylation sites (tertiary alicyclic amines) is 1. The molecular formula is C24H31N5O2S. The summed E-state index contributed by atoms with van der Waals surface area (Å²) in [5.74, 6) is 2.28. The average Bonchev–Trinajstić information content (AvgIpc) is 3.39. The number of aromatic nitrogens is 2. The molecule has 1 aromatic carbocycles. The first kappa shape index (κ1) is 21.6. The summed E-state index contributed by atoms with van der Waals surface area (Å²) in [6.07, 6.45) is 8.18. The van der Waals surface area contributed by atoms with Gasteiger partial charge in [-0.05, 0) is 62.1 Å². The zero-order valence-corrected chi connectivity index (χ0v) is 19.4. The van der Waals surface area contributed by atoms with Crippen LogP contribution in [0.3, 0.4) is 0 Å². The molecule has 2 atom stereocenters. The van der Waals surface area contributed by atoms with E-state index in [2.05, 4.69) is 46.4 Å². The largest absolute Gasteiger partial charge is 0.294 e.